The second-order valence-electron chi connectivity index (χ2n) is 7.99. The van der Waals surface area contributed by atoms with Crippen molar-refractivity contribution in [3.8, 4) is 0 Å². The summed E-state index contributed by atoms with van der Waals surface area (Å²) in [7, 11) is 0. The van der Waals surface area contributed by atoms with Crippen molar-refractivity contribution in [3.63, 3.8) is 0 Å². The standard InChI is InChI=1S/C15H21Br2ClO2/c1-11(2)14(6-5-12(3,18)8(16)7-14)13(4)9(19-13)10-15(11,17)20-10/h8-10H,5-7H2,1-4H3. The zero-order valence-corrected chi connectivity index (χ0v) is 16.2. The second kappa shape index (κ2) is 3.63. The number of halogens is 3. The first-order chi connectivity index (χ1) is 9.02. The first kappa shape index (κ1) is 14.7. The van der Waals surface area contributed by atoms with Gasteiger partial charge in [-0.15, -0.1) is 11.6 Å². The van der Waals surface area contributed by atoms with Crippen molar-refractivity contribution in [1.29, 1.82) is 0 Å². The van der Waals surface area contributed by atoms with Gasteiger partial charge in [0.15, 0.2) is 4.51 Å². The highest BCUT2D eigenvalue weighted by atomic mass is 79.9. The number of hydrogen-bond donors (Lipinski definition) is 0. The zero-order valence-electron chi connectivity index (χ0n) is 12.3. The molecule has 114 valence electrons. The van der Waals surface area contributed by atoms with Crippen LogP contribution in [0.15, 0.2) is 0 Å². The number of hydrogen-bond acceptors (Lipinski definition) is 2. The summed E-state index contributed by atoms with van der Waals surface area (Å²) in [6.07, 6.45) is 3.60. The lowest BCUT2D eigenvalue weighted by Gasteiger charge is -2.58. The van der Waals surface area contributed by atoms with Crippen LogP contribution in [-0.4, -0.2) is 32.0 Å². The predicted molar refractivity (Wildman–Crippen MR) is 86.8 cm³/mol. The highest BCUT2D eigenvalue weighted by Crippen LogP contribution is 2.80. The Morgan fingerprint density at radius 1 is 1.05 bits per heavy atom. The van der Waals surface area contributed by atoms with Crippen molar-refractivity contribution < 1.29 is 9.47 Å². The topological polar surface area (TPSA) is 25.1 Å². The molecule has 20 heavy (non-hydrogen) atoms. The smallest absolute Gasteiger partial charge is 0.157 e. The van der Waals surface area contributed by atoms with Gasteiger partial charge in [0.25, 0.3) is 0 Å². The molecule has 7 unspecified atom stereocenters. The van der Waals surface area contributed by atoms with E-state index in [0.717, 1.165) is 19.3 Å². The molecule has 2 aliphatic heterocycles. The van der Waals surface area contributed by atoms with Crippen molar-refractivity contribution in [2.45, 2.75) is 79.0 Å². The molecule has 0 bridgehead atoms. The predicted octanol–water partition coefficient (Wildman–Crippen LogP) is 4.61. The molecule has 0 radical (unpaired) electrons. The fourth-order valence-electron chi connectivity index (χ4n) is 5.08. The summed E-state index contributed by atoms with van der Waals surface area (Å²) in [5, 5.41) is 0. The van der Waals surface area contributed by atoms with Crippen LogP contribution < -0.4 is 0 Å². The summed E-state index contributed by atoms with van der Waals surface area (Å²) in [5.41, 5.74) is 0.0594. The molecule has 0 N–H and O–H groups in total. The summed E-state index contributed by atoms with van der Waals surface area (Å²) in [6.45, 7) is 9.10. The van der Waals surface area contributed by atoms with Crippen LogP contribution in [0, 0.1) is 10.8 Å². The number of epoxide rings is 2. The minimum absolute atomic E-state index is 0.0197. The third-order valence-electron chi connectivity index (χ3n) is 6.96. The van der Waals surface area contributed by atoms with Gasteiger partial charge in [-0.2, -0.15) is 0 Å². The molecule has 0 aromatic heterocycles. The second-order valence-corrected chi connectivity index (χ2v) is 11.1. The lowest BCUT2D eigenvalue weighted by Crippen LogP contribution is -2.62. The molecule has 5 heteroatoms. The molecule has 2 heterocycles. The van der Waals surface area contributed by atoms with Gasteiger partial charge in [-0.3, -0.25) is 0 Å². The highest BCUT2D eigenvalue weighted by molar-refractivity contribution is 9.10. The molecular formula is C15H21Br2ClO2. The molecule has 2 saturated heterocycles. The van der Waals surface area contributed by atoms with Gasteiger partial charge in [0.05, 0.1) is 4.87 Å². The average Bonchev–Trinajstić information content (AvgIpc) is 3.19. The van der Waals surface area contributed by atoms with Crippen molar-refractivity contribution in [1.82, 2.24) is 0 Å². The Labute approximate surface area is 142 Å². The Bertz CT molecular complexity index is 496. The van der Waals surface area contributed by atoms with Crippen LogP contribution in [0.3, 0.4) is 0 Å². The fraction of sp³-hybridized carbons (Fsp3) is 1.00. The van der Waals surface area contributed by atoms with E-state index < -0.39 is 0 Å². The highest BCUT2D eigenvalue weighted by Gasteiger charge is 2.89. The van der Waals surface area contributed by atoms with Crippen LogP contribution >= 0.6 is 43.5 Å². The molecule has 0 aromatic rings. The van der Waals surface area contributed by atoms with E-state index in [0.29, 0.717) is 4.83 Å². The van der Waals surface area contributed by atoms with Gasteiger partial charge in [0.2, 0.25) is 0 Å². The van der Waals surface area contributed by atoms with Crippen LogP contribution in [0.5, 0.6) is 0 Å². The third kappa shape index (κ3) is 1.36. The molecule has 4 aliphatic rings. The SMILES string of the molecule is CC1(Cl)CCC2(CC1Br)C1(C)OC1C1OC1(Br)C2(C)C. The normalized spacial score (nSPS) is 66.5. The molecule has 0 aromatic carbocycles. The fourth-order valence-corrected chi connectivity index (χ4v) is 6.85. The maximum Gasteiger partial charge on any atom is 0.157 e. The summed E-state index contributed by atoms with van der Waals surface area (Å²) in [4.78, 5) is 0.140. The van der Waals surface area contributed by atoms with E-state index in [9.17, 15) is 0 Å². The van der Waals surface area contributed by atoms with E-state index in [-0.39, 0.29) is 38.0 Å². The molecule has 2 aliphatic carbocycles. The maximum atomic E-state index is 6.68. The zero-order chi connectivity index (χ0) is 14.8. The number of ether oxygens (including phenoxy) is 2. The summed E-state index contributed by atoms with van der Waals surface area (Å²) in [5.74, 6) is 0. The molecule has 4 rings (SSSR count). The van der Waals surface area contributed by atoms with Crippen LogP contribution in [0.4, 0.5) is 0 Å². The van der Waals surface area contributed by atoms with Gasteiger partial charge in [0.1, 0.15) is 17.8 Å². The molecule has 4 fully saturated rings. The van der Waals surface area contributed by atoms with E-state index in [2.05, 4.69) is 59.6 Å². The summed E-state index contributed by atoms with van der Waals surface area (Å²) >= 11 is 14.4. The van der Waals surface area contributed by atoms with Gasteiger partial charge in [-0.05, 0) is 33.1 Å². The van der Waals surface area contributed by atoms with Gasteiger partial charge in [0, 0.05) is 15.7 Å². The Kier molecular flexibility index (Phi) is 2.68. The van der Waals surface area contributed by atoms with Crippen LogP contribution in [0.2, 0.25) is 0 Å². The van der Waals surface area contributed by atoms with Gasteiger partial charge >= 0.3 is 0 Å². The monoisotopic (exact) mass is 426 g/mol. The summed E-state index contributed by atoms with van der Waals surface area (Å²) in [6, 6.07) is 0. The molecule has 2 saturated carbocycles. The van der Waals surface area contributed by atoms with Gasteiger partial charge < -0.3 is 9.47 Å². The van der Waals surface area contributed by atoms with Crippen molar-refractivity contribution >= 4 is 43.5 Å². The van der Waals surface area contributed by atoms with Gasteiger partial charge in [-0.1, -0.05) is 45.7 Å². The Morgan fingerprint density at radius 3 is 2.30 bits per heavy atom. The van der Waals surface area contributed by atoms with E-state index in [4.69, 9.17) is 21.1 Å². The van der Waals surface area contributed by atoms with E-state index in [1.54, 1.807) is 0 Å². The Balaban J connectivity index is 1.80. The van der Waals surface area contributed by atoms with E-state index in [1.165, 1.54) is 0 Å². The van der Waals surface area contributed by atoms with Crippen molar-refractivity contribution in [2.75, 3.05) is 0 Å². The Hall–Kier alpha value is 1.17. The summed E-state index contributed by atoms with van der Waals surface area (Å²) < 4.78 is 12.1. The lowest BCUT2D eigenvalue weighted by molar-refractivity contribution is -0.0701. The number of rotatable bonds is 0. The first-order valence-corrected chi connectivity index (χ1v) is 9.48. The largest absolute Gasteiger partial charge is 0.363 e. The molecule has 2 nitrogen and oxygen atoms in total. The van der Waals surface area contributed by atoms with Crippen molar-refractivity contribution in [3.05, 3.63) is 0 Å². The molecule has 1 spiro atoms. The van der Waals surface area contributed by atoms with Crippen LogP contribution in [-0.2, 0) is 9.47 Å². The van der Waals surface area contributed by atoms with Gasteiger partial charge in [-0.25, -0.2) is 0 Å². The minimum Gasteiger partial charge on any atom is -0.363 e. The Morgan fingerprint density at radius 2 is 1.70 bits per heavy atom. The van der Waals surface area contributed by atoms with E-state index in [1.807, 2.05) is 0 Å². The first-order valence-electron chi connectivity index (χ1n) is 7.39. The molecular weight excluding hydrogens is 407 g/mol. The number of alkyl halides is 3. The molecule has 7 atom stereocenters. The van der Waals surface area contributed by atoms with E-state index >= 15 is 0 Å². The molecule has 0 amide bonds. The van der Waals surface area contributed by atoms with Crippen molar-refractivity contribution in [2.24, 2.45) is 10.8 Å². The minimum atomic E-state index is -0.215. The third-order valence-corrected chi connectivity index (χ3v) is 10.6. The van der Waals surface area contributed by atoms with Crippen LogP contribution in [0.1, 0.15) is 47.0 Å². The average molecular weight is 429 g/mol. The maximum absolute atomic E-state index is 6.68. The van der Waals surface area contributed by atoms with Crippen LogP contribution in [0.25, 0.3) is 0 Å². The lowest BCUT2D eigenvalue weighted by atomic mass is 9.47. The quantitative estimate of drug-likeness (QED) is 0.416. The number of fused-ring (bicyclic) bond motifs is 4.